The van der Waals surface area contributed by atoms with Gasteiger partial charge in [-0.1, -0.05) is 12.1 Å². The van der Waals surface area contributed by atoms with E-state index in [4.69, 9.17) is 9.15 Å². The number of esters is 1. The largest absolute Gasteiger partial charge is 0.461 e. The predicted octanol–water partition coefficient (Wildman–Crippen LogP) is 3.36. The van der Waals surface area contributed by atoms with Crippen molar-refractivity contribution in [1.29, 1.82) is 0 Å². The average molecular weight is 342 g/mol. The van der Waals surface area contributed by atoms with E-state index in [1.807, 2.05) is 12.1 Å². The Balaban J connectivity index is 1.55. The zero-order chi connectivity index (χ0) is 17.8. The topological polar surface area (TPSA) is 45.9 Å². The molecule has 134 valence electrons. The van der Waals surface area contributed by atoms with Crippen molar-refractivity contribution in [3.63, 3.8) is 0 Å². The highest BCUT2D eigenvalue weighted by molar-refractivity contribution is 5.65. The van der Waals surface area contributed by atoms with Gasteiger partial charge in [0.15, 0.2) is 0 Å². The molecule has 1 unspecified atom stereocenters. The van der Waals surface area contributed by atoms with Gasteiger partial charge in [0, 0.05) is 38.3 Å². The standard InChI is InChI=1S/C20H26N2O3/c1-15-5-4-6-18(11-15)22-10-9-21(12-16(22)2)13-19-7-8-20(25-19)14-24-17(3)23/h4-8,11,16H,9-10,12-14H2,1-3H3. The zero-order valence-electron chi connectivity index (χ0n) is 15.2. The van der Waals surface area contributed by atoms with Gasteiger partial charge in [0.25, 0.3) is 0 Å². The fraction of sp³-hybridized carbons (Fsp3) is 0.450. The smallest absolute Gasteiger partial charge is 0.303 e. The first-order valence-electron chi connectivity index (χ1n) is 8.78. The van der Waals surface area contributed by atoms with E-state index in [-0.39, 0.29) is 12.6 Å². The quantitative estimate of drug-likeness (QED) is 0.780. The first kappa shape index (κ1) is 17.5. The van der Waals surface area contributed by atoms with E-state index < -0.39 is 0 Å². The average Bonchev–Trinajstić information content (AvgIpc) is 3.00. The van der Waals surface area contributed by atoms with Gasteiger partial charge in [-0.2, -0.15) is 0 Å². The monoisotopic (exact) mass is 342 g/mol. The van der Waals surface area contributed by atoms with Gasteiger partial charge >= 0.3 is 5.97 Å². The molecule has 5 nitrogen and oxygen atoms in total. The number of nitrogens with zero attached hydrogens (tertiary/aromatic N) is 2. The lowest BCUT2D eigenvalue weighted by molar-refractivity contribution is -0.142. The number of ether oxygens (including phenoxy) is 1. The maximum Gasteiger partial charge on any atom is 0.303 e. The predicted molar refractivity (Wildman–Crippen MR) is 97.4 cm³/mol. The third-order valence-corrected chi connectivity index (χ3v) is 4.56. The van der Waals surface area contributed by atoms with E-state index in [1.54, 1.807) is 0 Å². The van der Waals surface area contributed by atoms with E-state index in [0.717, 1.165) is 31.9 Å². The maximum absolute atomic E-state index is 10.9. The first-order valence-corrected chi connectivity index (χ1v) is 8.78. The highest BCUT2D eigenvalue weighted by Gasteiger charge is 2.24. The number of furan rings is 1. The van der Waals surface area contributed by atoms with E-state index in [0.29, 0.717) is 11.8 Å². The molecular weight excluding hydrogens is 316 g/mol. The second-order valence-electron chi connectivity index (χ2n) is 6.76. The number of anilines is 1. The van der Waals surface area contributed by atoms with Gasteiger partial charge in [0.1, 0.15) is 18.1 Å². The molecule has 0 N–H and O–H groups in total. The Morgan fingerprint density at radius 3 is 2.76 bits per heavy atom. The molecule has 0 amide bonds. The second-order valence-corrected chi connectivity index (χ2v) is 6.76. The molecule has 2 heterocycles. The molecule has 1 atom stereocenters. The zero-order valence-corrected chi connectivity index (χ0v) is 15.2. The number of rotatable bonds is 5. The van der Waals surface area contributed by atoms with Crippen molar-refractivity contribution in [3.05, 3.63) is 53.5 Å². The summed E-state index contributed by atoms with van der Waals surface area (Å²) in [5.74, 6) is 1.31. The lowest BCUT2D eigenvalue weighted by Crippen LogP contribution is -2.51. The van der Waals surface area contributed by atoms with Crippen molar-refractivity contribution in [2.24, 2.45) is 0 Å². The number of hydrogen-bond acceptors (Lipinski definition) is 5. The van der Waals surface area contributed by atoms with Gasteiger partial charge in [0.05, 0.1) is 6.54 Å². The van der Waals surface area contributed by atoms with E-state index in [1.165, 1.54) is 18.2 Å². The Kier molecular flexibility index (Phi) is 5.43. The molecule has 1 aromatic carbocycles. The molecule has 0 aliphatic carbocycles. The van der Waals surface area contributed by atoms with Crippen molar-refractivity contribution >= 4 is 11.7 Å². The van der Waals surface area contributed by atoms with Crippen LogP contribution in [0.4, 0.5) is 5.69 Å². The summed E-state index contributed by atoms with van der Waals surface area (Å²) in [5.41, 5.74) is 2.59. The maximum atomic E-state index is 10.9. The SMILES string of the molecule is CC(=O)OCc1ccc(CN2CCN(c3cccc(C)c3)C(C)C2)o1. The molecular formula is C20H26N2O3. The lowest BCUT2D eigenvalue weighted by atomic mass is 10.1. The van der Waals surface area contributed by atoms with Crippen LogP contribution in [-0.2, 0) is 22.7 Å². The van der Waals surface area contributed by atoms with Crippen LogP contribution >= 0.6 is 0 Å². The van der Waals surface area contributed by atoms with Crippen LogP contribution in [0.2, 0.25) is 0 Å². The van der Waals surface area contributed by atoms with E-state index >= 15 is 0 Å². The van der Waals surface area contributed by atoms with Crippen LogP contribution in [0.1, 0.15) is 30.9 Å². The number of carbonyl (C=O) groups is 1. The molecule has 5 heteroatoms. The van der Waals surface area contributed by atoms with Crippen molar-refractivity contribution < 1.29 is 13.9 Å². The van der Waals surface area contributed by atoms with Crippen LogP contribution in [0.25, 0.3) is 0 Å². The highest BCUT2D eigenvalue weighted by Crippen LogP contribution is 2.22. The number of piperazine rings is 1. The molecule has 1 fully saturated rings. The molecule has 2 aromatic rings. The number of benzene rings is 1. The lowest BCUT2D eigenvalue weighted by Gasteiger charge is -2.41. The highest BCUT2D eigenvalue weighted by atomic mass is 16.5. The van der Waals surface area contributed by atoms with Crippen molar-refractivity contribution in [2.75, 3.05) is 24.5 Å². The molecule has 25 heavy (non-hydrogen) atoms. The fourth-order valence-electron chi connectivity index (χ4n) is 3.34. The Morgan fingerprint density at radius 2 is 2.04 bits per heavy atom. The normalized spacial score (nSPS) is 18.4. The minimum atomic E-state index is -0.293. The Hall–Kier alpha value is -2.27. The first-order chi connectivity index (χ1) is 12.0. The number of hydrogen-bond donors (Lipinski definition) is 0. The van der Waals surface area contributed by atoms with Gasteiger partial charge in [0.2, 0.25) is 0 Å². The van der Waals surface area contributed by atoms with Crippen LogP contribution in [0.5, 0.6) is 0 Å². The molecule has 1 aliphatic rings. The molecule has 0 spiro atoms. The van der Waals surface area contributed by atoms with Crippen LogP contribution < -0.4 is 4.90 Å². The molecule has 1 saturated heterocycles. The van der Waals surface area contributed by atoms with Crippen molar-refractivity contribution in [2.45, 2.75) is 40.0 Å². The summed E-state index contributed by atoms with van der Waals surface area (Å²) in [6, 6.07) is 13.0. The molecule has 1 aliphatic heterocycles. The fourth-order valence-corrected chi connectivity index (χ4v) is 3.34. The Bertz CT molecular complexity index is 725. The minimum absolute atomic E-state index is 0.201. The number of carbonyl (C=O) groups excluding carboxylic acids is 1. The van der Waals surface area contributed by atoms with Gasteiger partial charge in [-0.3, -0.25) is 9.69 Å². The van der Waals surface area contributed by atoms with Crippen LogP contribution in [0.15, 0.2) is 40.8 Å². The van der Waals surface area contributed by atoms with Crippen LogP contribution in [-0.4, -0.2) is 36.5 Å². The molecule has 3 rings (SSSR count). The van der Waals surface area contributed by atoms with Gasteiger partial charge in [-0.15, -0.1) is 0 Å². The summed E-state index contributed by atoms with van der Waals surface area (Å²) in [6.07, 6.45) is 0. The molecule has 0 radical (unpaired) electrons. The van der Waals surface area contributed by atoms with E-state index in [2.05, 4.69) is 47.9 Å². The summed E-state index contributed by atoms with van der Waals surface area (Å²) < 4.78 is 10.7. The van der Waals surface area contributed by atoms with Gasteiger partial charge in [-0.05, 0) is 43.7 Å². The minimum Gasteiger partial charge on any atom is -0.461 e. The Morgan fingerprint density at radius 1 is 1.24 bits per heavy atom. The summed E-state index contributed by atoms with van der Waals surface area (Å²) in [4.78, 5) is 15.7. The Labute approximate surface area is 149 Å². The summed E-state index contributed by atoms with van der Waals surface area (Å²) in [7, 11) is 0. The second kappa shape index (κ2) is 7.74. The summed E-state index contributed by atoms with van der Waals surface area (Å²) in [6.45, 7) is 9.78. The van der Waals surface area contributed by atoms with Crippen LogP contribution in [0.3, 0.4) is 0 Å². The third kappa shape index (κ3) is 4.63. The van der Waals surface area contributed by atoms with Crippen molar-refractivity contribution in [1.82, 2.24) is 4.90 Å². The molecule has 1 aromatic heterocycles. The number of aryl methyl sites for hydroxylation is 1. The summed E-state index contributed by atoms with van der Waals surface area (Å²) in [5, 5.41) is 0. The van der Waals surface area contributed by atoms with Gasteiger partial charge in [-0.25, -0.2) is 0 Å². The molecule has 0 bridgehead atoms. The van der Waals surface area contributed by atoms with Crippen LogP contribution in [0, 0.1) is 6.92 Å². The third-order valence-electron chi connectivity index (χ3n) is 4.56. The molecule has 0 saturated carbocycles. The van der Waals surface area contributed by atoms with Crippen molar-refractivity contribution in [3.8, 4) is 0 Å². The van der Waals surface area contributed by atoms with Gasteiger partial charge < -0.3 is 14.1 Å². The van der Waals surface area contributed by atoms with E-state index in [9.17, 15) is 4.79 Å². The summed E-state index contributed by atoms with van der Waals surface area (Å²) >= 11 is 0.